The fourth-order valence-electron chi connectivity index (χ4n) is 1.04. The Balaban J connectivity index is 2.79. The first-order chi connectivity index (χ1) is 7.13. The first-order valence-electron chi connectivity index (χ1n) is 4.53. The molecule has 1 aromatic carbocycles. The van der Waals surface area contributed by atoms with Crippen molar-refractivity contribution in [3.05, 3.63) is 34.9 Å². The van der Waals surface area contributed by atoms with Gasteiger partial charge in [0.15, 0.2) is 0 Å². The van der Waals surface area contributed by atoms with E-state index < -0.39 is 5.97 Å². The number of nitrogen functional groups attached to an aromatic ring is 1. The minimum atomic E-state index is -0.393. The van der Waals surface area contributed by atoms with E-state index in [1.807, 2.05) is 0 Å². The van der Waals surface area contributed by atoms with Crippen molar-refractivity contribution in [3.63, 3.8) is 0 Å². The van der Waals surface area contributed by atoms with Gasteiger partial charge in [0.1, 0.15) is 0 Å². The van der Waals surface area contributed by atoms with Gasteiger partial charge in [0.2, 0.25) is 0 Å². The normalized spacial score (nSPS) is 10.5. The van der Waals surface area contributed by atoms with Crippen molar-refractivity contribution < 1.29 is 9.53 Å². The fourth-order valence-corrected chi connectivity index (χ4v) is 1.22. The molecular weight excluding hydrogens is 214 g/mol. The van der Waals surface area contributed by atoms with Crippen LogP contribution in [0, 0.1) is 0 Å². The highest BCUT2D eigenvalue weighted by Gasteiger charge is 1.98. The summed E-state index contributed by atoms with van der Waals surface area (Å²) >= 11 is 5.90. The van der Waals surface area contributed by atoms with Crippen LogP contribution in [-0.4, -0.2) is 12.6 Å². The van der Waals surface area contributed by atoms with Crippen LogP contribution < -0.4 is 5.73 Å². The van der Waals surface area contributed by atoms with E-state index in [0.29, 0.717) is 22.9 Å². The molecule has 0 saturated carbocycles. The Morgan fingerprint density at radius 3 is 3.00 bits per heavy atom. The molecule has 0 spiro atoms. The summed E-state index contributed by atoms with van der Waals surface area (Å²) in [6.07, 6.45) is 2.90. The number of ether oxygens (including phenoxy) is 1. The molecule has 0 amide bonds. The number of hydrogen-bond donors (Lipinski definition) is 1. The zero-order valence-corrected chi connectivity index (χ0v) is 9.12. The van der Waals surface area contributed by atoms with Gasteiger partial charge in [0.25, 0.3) is 0 Å². The molecule has 1 rings (SSSR count). The number of esters is 1. The summed E-state index contributed by atoms with van der Waals surface area (Å²) in [6.45, 7) is 2.10. The summed E-state index contributed by atoms with van der Waals surface area (Å²) in [6, 6.07) is 5.07. The van der Waals surface area contributed by atoms with Crippen molar-refractivity contribution in [3.8, 4) is 0 Å². The summed E-state index contributed by atoms with van der Waals surface area (Å²) in [5, 5.41) is 0.546. The topological polar surface area (TPSA) is 52.3 Å². The van der Waals surface area contributed by atoms with E-state index in [4.69, 9.17) is 22.1 Å². The van der Waals surface area contributed by atoms with Gasteiger partial charge in [-0.25, -0.2) is 4.79 Å². The molecule has 15 heavy (non-hydrogen) atoms. The number of rotatable bonds is 3. The molecule has 0 atom stereocenters. The summed E-state index contributed by atoms with van der Waals surface area (Å²) in [5.41, 5.74) is 6.88. The second-order valence-electron chi connectivity index (χ2n) is 2.87. The molecule has 4 heteroatoms. The van der Waals surface area contributed by atoms with E-state index in [0.717, 1.165) is 0 Å². The molecule has 0 heterocycles. The average Bonchev–Trinajstić information content (AvgIpc) is 2.20. The van der Waals surface area contributed by atoms with Crippen LogP contribution in [0.1, 0.15) is 12.5 Å². The predicted molar refractivity (Wildman–Crippen MR) is 61.5 cm³/mol. The molecule has 3 nitrogen and oxygen atoms in total. The van der Waals surface area contributed by atoms with Crippen LogP contribution in [-0.2, 0) is 9.53 Å². The van der Waals surface area contributed by atoms with Crippen molar-refractivity contribution in [1.29, 1.82) is 0 Å². The van der Waals surface area contributed by atoms with E-state index in [9.17, 15) is 4.79 Å². The first kappa shape index (κ1) is 11.6. The van der Waals surface area contributed by atoms with Crippen molar-refractivity contribution in [1.82, 2.24) is 0 Å². The molecule has 0 radical (unpaired) electrons. The van der Waals surface area contributed by atoms with Gasteiger partial charge >= 0.3 is 5.97 Å². The second-order valence-corrected chi connectivity index (χ2v) is 3.27. The number of carbonyl (C=O) groups is 1. The van der Waals surface area contributed by atoms with Crippen molar-refractivity contribution in [2.24, 2.45) is 0 Å². The molecule has 0 bridgehead atoms. The molecule has 0 saturated heterocycles. The number of halogens is 1. The minimum absolute atomic E-state index is 0.355. The Labute approximate surface area is 93.5 Å². The third-order valence-corrected chi connectivity index (χ3v) is 2.05. The molecule has 0 unspecified atom stereocenters. The highest BCUT2D eigenvalue weighted by Crippen LogP contribution is 2.20. The van der Waals surface area contributed by atoms with Gasteiger partial charge in [0.05, 0.1) is 6.61 Å². The van der Waals surface area contributed by atoms with E-state index in [1.54, 1.807) is 31.2 Å². The van der Waals surface area contributed by atoms with E-state index in [1.165, 1.54) is 6.08 Å². The van der Waals surface area contributed by atoms with E-state index in [2.05, 4.69) is 0 Å². The van der Waals surface area contributed by atoms with Crippen LogP contribution in [0.5, 0.6) is 0 Å². The lowest BCUT2D eigenvalue weighted by atomic mass is 10.2. The van der Waals surface area contributed by atoms with E-state index >= 15 is 0 Å². The molecule has 1 aromatic rings. The van der Waals surface area contributed by atoms with Gasteiger partial charge < -0.3 is 10.5 Å². The van der Waals surface area contributed by atoms with Crippen LogP contribution >= 0.6 is 11.6 Å². The van der Waals surface area contributed by atoms with Crippen LogP contribution in [0.15, 0.2) is 24.3 Å². The summed E-state index contributed by atoms with van der Waals surface area (Å²) in [4.78, 5) is 11.0. The third-order valence-electron chi connectivity index (χ3n) is 1.71. The predicted octanol–water partition coefficient (Wildman–Crippen LogP) is 2.50. The van der Waals surface area contributed by atoms with Crippen molar-refractivity contribution in [2.45, 2.75) is 6.92 Å². The lowest BCUT2D eigenvalue weighted by Crippen LogP contribution is -1.98. The zero-order valence-electron chi connectivity index (χ0n) is 8.37. The quantitative estimate of drug-likeness (QED) is 0.489. The Morgan fingerprint density at radius 2 is 2.33 bits per heavy atom. The van der Waals surface area contributed by atoms with Crippen LogP contribution in [0.25, 0.3) is 6.08 Å². The maximum Gasteiger partial charge on any atom is 0.330 e. The molecule has 0 aliphatic rings. The number of benzene rings is 1. The highest BCUT2D eigenvalue weighted by atomic mass is 35.5. The zero-order chi connectivity index (χ0) is 11.3. The molecule has 0 aliphatic carbocycles. The van der Waals surface area contributed by atoms with Crippen molar-refractivity contribution >= 4 is 29.3 Å². The van der Waals surface area contributed by atoms with E-state index in [-0.39, 0.29) is 0 Å². The molecule has 0 fully saturated rings. The van der Waals surface area contributed by atoms with Gasteiger partial charge in [0, 0.05) is 16.8 Å². The lowest BCUT2D eigenvalue weighted by molar-refractivity contribution is -0.137. The standard InChI is InChI=1S/C11H12ClNO2/c1-2-15-11(14)6-3-8-7-9(13)4-5-10(8)12/h3-7H,2,13H2,1H3/b6-3+. The van der Waals surface area contributed by atoms with Crippen molar-refractivity contribution in [2.75, 3.05) is 12.3 Å². The Bertz CT molecular complexity index is 388. The molecule has 0 aliphatic heterocycles. The molecule has 0 aromatic heterocycles. The number of nitrogens with two attached hydrogens (primary N) is 1. The highest BCUT2D eigenvalue weighted by molar-refractivity contribution is 6.32. The monoisotopic (exact) mass is 225 g/mol. The largest absolute Gasteiger partial charge is 0.463 e. The minimum Gasteiger partial charge on any atom is -0.463 e. The summed E-state index contributed by atoms with van der Waals surface area (Å²) in [7, 11) is 0. The van der Waals surface area contributed by atoms with Crippen LogP contribution in [0.3, 0.4) is 0 Å². The van der Waals surface area contributed by atoms with Gasteiger partial charge in [-0.3, -0.25) is 0 Å². The van der Waals surface area contributed by atoms with Crippen LogP contribution in [0.4, 0.5) is 5.69 Å². The lowest BCUT2D eigenvalue weighted by Gasteiger charge is -2.00. The summed E-state index contributed by atoms with van der Waals surface area (Å²) in [5.74, 6) is -0.393. The fraction of sp³-hybridized carbons (Fsp3) is 0.182. The smallest absolute Gasteiger partial charge is 0.330 e. The van der Waals surface area contributed by atoms with Gasteiger partial charge in [-0.05, 0) is 36.8 Å². The Hall–Kier alpha value is -1.48. The molecule has 80 valence electrons. The SMILES string of the molecule is CCOC(=O)/C=C/c1cc(N)ccc1Cl. The molecule has 2 N–H and O–H groups in total. The van der Waals surface area contributed by atoms with Gasteiger partial charge in [-0.15, -0.1) is 0 Å². The third kappa shape index (κ3) is 3.64. The average molecular weight is 226 g/mol. The van der Waals surface area contributed by atoms with Crippen LogP contribution in [0.2, 0.25) is 5.02 Å². The Kier molecular flexibility index (Phi) is 4.18. The number of carbonyl (C=O) groups excluding carboxylic acids is 1. The molecular formula is C11H12ClNO2. The maximum atomic E-state index is 11.0. The summed E-state index contributed by atoms with van der Waals surface area (Å²) < 4.78 is 4.73. The van der Waals surface area contributed by atoms with Gasteiger partial charge in [-0.1, -0.05) is 11.6 Å². The maximum absolute atomic E-state index is 11.0. The second kappa shape index (κ2) is 5.41. The Morgan fingerprint density at radius 1 is 1.60 bits per heavy atom. The first-order valence-corrected chi connectivity index (χ1v) is 4.91. The van der Waals surface area contributed by atoms with Gasteiger partial charge in [-0.2, -0.15) is 0 Å². The number of hydrogen-bond acceptors (Lipinski definition) is 3. The number of anilines is 1.